The van der Waals surface area contributed by atoms with Gasteiger partial charge in [-0.15, -0.1) is 0 Å². The van der Waals surface area contributed by atoms with E-state index in [0.717, 1.165) is 37.8 Å². The third-order valence-electron chi connectivity index (χ3n) is 2.84. The number of H-pyrrole nitrogens is 1. The summed E-state index contributed by atoms with van der Waals surface area (Å²) in [5, 5.41) is 2.92. The number of nitrogens with zero attached hydrogens (tertiary/aromatic N) is 1. The zero-order valence-electron chi connectivity index (χ0n) is 10.1. The van der Waals surface area contributed by atoms with E-state index in [1.54, 1.807) is 0 Å². The lowest BCUT2D eigenvalue weighted by Gasteiger charge is -2.07. The standard InChI is InChI=1S/C12H22N2O/c1-4-6-8-11-10(3)12(15)13-14(11)9-7-5-2/h4-9H2,1-3H3,(H,13,15). The summed E-state index contributed by atoms with van der Waals surface area (Å²) < 4.78 is 2.04. The Bertz CT molecular complexity index is 349. The van der Waals surface area contributed by atoms with Crippen LogP contribution in [0.1, 0.15) is 50.8 Å². The van der Waals surface area contributed by atoms with E-state index in [0.29, 0.717) is 0 Å². The monoisotopic (exact) mass is 210 g/mol. The van der Waals surface area contributed by atoms with Crippen LogP contribution in [0.5, 0.6) is 0 Å². The van der Waals surface area contributed by atoms with Crippen molar-refractivity contribution in [2.24, 2.45) is 0 Å². The maximum absolute atomic E-state index is 11.5. The normalized spacial score (nSPS) is 10.9. The average molecular weight is 210 g/mol. The molecule has 0 saturated carbocycles. The highest BCUT2D eigenvalue weighted by atomic mass is 16.1. The molecule has 1 aromatic heterocycles. The number of rotatable bonds is 6. The first kappa shape index (κ1) is 12.1. The molecular formula is C12H22N2O. The second-order valence-electron chi connectivity index (χ2n) is 4.12. The Labute approximate surface area is 91.5 Å². The highest BCUT2D eigenvalue weighted by molar-refractivity contribution is 5.16. The van der Waals surface area contributed by atoms with Crippen molar-refractivity contribution < 1.29 is 0 Å². The largest absolute Gasteiger partial charge is 0.289 e. The SMILES string of the molecule is CCCCc1c(C)c(=O)[nH]n1CCCC. The quantitative estimate of drug-likeness (QED) is 0.770. The predicted octanol–water partition coefficient (Wildman–Crippen LogP) is 2.63. The minimum Gasteiger partial charge on any atom is -0.289 e. The molecular weight excluding hydrogens is 188 g/mol. The molecule has 0 fully saturated rings. The Morgan fingerprint density at radius 2 is 1.87 bits per heavy atom. The van der Waals surface area contributed by atoms with E-state index in [9.17, 15) is 4.79 Å². The Hall–Kier alpha value is -0.990. The van der Waals surface area contributed by atoms with Gasteiger partial charge in [0.05, 0.1) is 0 Å². The molecule has 0 spiro atoms. The van der Waals surface area contributed by atoms with Gasteiger partial charge in [0.15, 0.2) is 0 Å². The Morgan fingerprint density at radius 1 is 1.20 bits per heavy atom. The Balaban J connectivity index is 2.83. The summed E-state index contributed by atoms with van der Waals surface area (Å²) in [7, 11) is 0. The van der Waals surface area contributed by atoms with Gasteiger partial charge in [-0.05, 0) is 26.2 Å². The predicted molar refractivity (Wildman–Crippen MR) is 63.3 cm³/mol. The van der Waals surface area contributed by atoms with Crippen LogP contribution in [-0.2, 0) is 13.0 Å². The van der Waals surface area contributed by atoms with Gasteiger partial charge in [0, 0.05) is 17.8 Å². The van der Waals surface area contributed by atoms with Crippen LogP contribution in [0.2, 0.25) is 0 Å². The highest BCUT2D eigenvalue weighted by Gasteiger charge is 2.09. The minimum absolute atomic E-state index is 0.0807. The first-order valence-corrected chi connectivity index (χ1v) is 5.99. The molecule has 0 radical (unpaired) electrons. The van der Waals surface area contributed by atoms with E-state index < -0.39 is 0 Å². The van der Waals surface area contributed by atoms with Crippen LogP contribution in [0.3, 0.4) is 0 Å². The van der Waals surface area contributed by atoms with E-state index in [-0.39, 0.29) is 5.56 Å². The molecule has 3 nitrogen and oxygen atoms in total. The lowest BCUT2D eigenvalue weighted by Crippen LogP contribution is -2.07. The van der Waals surface area contributed by atoms with Crippen molar-refractivity contribution in [2.75, 3.05) is 0 Å². The molecule has 0 unspecified atom stereocenters. The van der Waals surface area contributed by atoms with Crippen LogP contribution >= 0.6 is 0 Å². The molecule has 1 N–H and O–H groups in total. The van der Waals surface area contributed by atoms with Crippen LogP contribution in [0, 0.1) is 6.92 Å². The maximum Gasteiger partial charge on any atom is 0.267 e. The first-order valence-electron chi connectivity index (χ1n) is 5.99. The molecule has 0 bridgehead atoms. The fourth-order valence-corrected chi connectivity index (χ4v) is 1.78. The number of aromatic nitrogens is 2. The number of nitrogens with one attached hydrogen (secondary N) is 1. The summed E-state index contributed by atoms with van der Waals surface area (Å²) in [6, 6.07) is 0. The lowest BCUT2D eigenvalue weighted by molar-refractivity contribution is 0.539. The number of aromatic amines is 1. The molecule has 1 rings (SSSR count). The fourth-order valence-electron chi connectivity index (χ4n) is 1.78. The van der Waals surface area contributed by atoms with E-state index in [1.807, 2.05) is 11.6 Å². The van der Waals surface area contributed by atoms with Gasteiger partial charge in [0.1, 0.15) is 0 Å². The molecule has 0 amide bonds. The molecule has 0 aliphatic heterocycles. The van der Waals surface area contributed by atoms with Crippen molar-refractivity contribution in [2.45, 2.75) is 59.4 Å². The number of unbranched alkanes of at least 4 members (excludes halogenated alkanes) is 2. The second kappa shape index (κ2) is 5.79. The van der Waals surface area contributed by atoms with Gasteiger partial charge in [0.25, 0.3) is 5.56 Å². The minimum atomic E-state index is 0.0807. The van der Waals surface area contributed by atoms with Crippen molar-refractivity contribution in [3.63, 3.8) is 0 Å². The number of aryl methyl sites for hydroxylation is 1. The molecule has 0 aliphatic carbocycles. The zero-order valence-corrected chi connectivity index (χ0v) is 10.1. The van der Waals surface area contributed by atoms with Crippen molar-refractivity contribution >= 4 is 0 Å². The topological polar surface area (TPSA) is 37.8 Å². The highest BCUT2D eigenvalue weighted by Crippen LogP contribution is 2.08. The molecule has 0 saturated heterocycles. The summed E-state index contributed by atoms with van der Waals surface area (Å²) in [5.74, 6) is 0. The molecule has 3 heteroatoms. The Kier molecular flexibility index (Phi) is 4.66. The van der Waals surface area contributed by atoms with Gasteiger partial charge in [-0.25, -0.2) is 0 Å². The van der Waals surface area contributed by atoms with Crippen LogP contribution in [0.15, 0.2) is 4.79 Å². The molecule has 15 heavy (non-hydrogen) atoms. The van der Waals surface area contributed by atoms with Crippen LogP contribution in [0.4, 0.5) is 0 Å². The van der Waals surface area contributed by atoms with Crippen LogP contribution in [-0.4, -0.2) is 9.78 Å². The summed E-state index contributed by atoms with van der Waals surface area (Å²) in [5.41, 5.74) is 2.19. The van der Waals surface area contributed by atoms with E-state index in [2.05, 4.69) is 18.9 Å². The van der Waals surface area contributed by atoms with Gasteiger partial charge in [-0.2, -0.15) is 0 Å². The van der Waals surface area contributed by atoms with Gasteiger partial charge < -0.3 is 0 Å². The number of hydrogen-bond donors (Lipinski definition) is 1. The maximum atomic E-state index is 11.5. The van der Waals surface area contributed by atoms with Gasteiger partial charge in [-0.3, -0.25) is 14.6 Å². The van der Waals surface area contributed by atoms with Gasteiger partial charge in [0.2, 0.25) is 0 Å². The van der Waals surface area contributed by atoms with Gasteiger partial charge >= 0.3 is 0 Å². The van der Waals surface area contributed by atoms with Crippen LogP contribution in [0.25, 0.3) is 0 Å². The summed E-state index contributed by atoms with van der Waals surface area (Å²) in [4.78, 5) is 11.5. The van der Waals surface area contributed by atoms with Gasteiger partial charge in [-0.1, -0.05) is 26.7 Å². The van der Waals surface area contributed by atoms with Crippen molar-refractivity contribution in [1.29, 1.82) is 0 Å². The first-order chi connectivity index (χ1) is 7.20. The fraction of sp³-hybridized carbons (Fsp3) is 0.750. The number of hydrogen-bond acceptors (Lipinski definition) is 1. The lowest BCUT2D eigenvalue weighted by atomic mass is 10.1. The third-order valence-corrected chi connectivity index (χ3v) is 2.84. The summed E-state index contributed by atoms with van der Waals surface area (Å²) >= 11 is 0. The van der Waals surface area contributed by atoms with Crippen LogP contribution < -0.4 is 5.56 Å². The third kappa shape index (κ3) is 2.98. The zero-order chi connectivity index (χ0) is 11.3. The smallest absolute Gasteiger partial charge is 0.267 e. The van der Waals surface area contributed by atoms with Crippen molar-refractivity contribution in [3.8, 4) is 0 Å². The molecule has 1 aromatic rings. The molecule has 0 aliphatic rings. The summed E-state index contributed by atoms with van der Waals surface area (Å²) in [6.45, 7) is 7.21. The Morgan fingerprint density at radius 3 is 2.47 bits per heavy atom. The molecule has 0 aromatic carbocycles. The summed E-state index contributed by atoms with van der Waals surface area (Å²) in [6.07, 6.45) is 5.64. The second-order valence-corrected chi connectivity index (χ2v) is 4.12. The van der Waals surface area contributed by atoms with E-state index in [1.165, 1.54) is 12.1 Å². The molecule has 0 atom stereocenters. The van der Waals surface area contributed by atoms with E-state index >= 15 is 0 Å². The van der Waals surface area contributed by atoms with Crippen molar-refractivity contribution in [3.05, 3.63) is 21.6 Å². The average Bonchev–Trinajstić information content (AvgIpc) is 2.50. The van der Waals surface area contributed by atoms with E-state index in [4.69, 9.17) is 0 Å². The van der Waals surface area contributed by atoms with Crippen molar-refractivity contribution in [1.82, 2.24) is 9.78 Å². The molecule has 1 heterocycles. The molecule has 86 valence electrons.